The molecule has 1 heterocycles. The Morgan fingerprint density at radius 1 is 1.11 bits per heavy atom. The fourth-order valence-electron chi connectivity index (χ4n) is 1.98. The zero-order chi connectivity index (χ0) is 13.1. The third-order valence-electron chi connectivity index (χ3n) is 2.67. The van der Waals surface area contributed by atoms with Crippen LogP contribution >= 0.6 is 11.3 Å². The van der Waals surface area contributed by atoms with E-state index in [0.29, 0.717) is 0 Å². The van der Waals surface area contributed by atoms with E-state index in [1.165, 1.54) is 16.9 Å². The summed E-state index contributed by atoms with van der Waals surface area (Å²) >= 11 is 1.50. The number of carbonyl (C=O) groups is 1. The van der Waals surface area contributed by atoms with Crippen LogP contribution in [0.3, 0.4) is 0 Å². The number of thiophene rings is 1. The first-order chi connectivity index (χ1) is 8.56. The highest BCUT2D eigenvalue weighted by Crippen LogP contribution is 2.22. The molecule has 0 aliphatic carbocycles. The minimum absolute atomic E-state index is 0.201. The van der Waals surface area contributed by atoms with E-state index in [-0.39, 0.29) is 6.03 Å². The molecule has 2 amide bonds. The van der Waals surface area contributed by atoms with Crippen molar-refractivity contribution in [2.45, 2.75) is 20.8 Å². The van der Waals surface area contributed by atoms with Gasteiger partial charge in [-0.15, -0.1) is 11.3 Å². The molecule has 0 bridgehead atoms. The van der Waals surface area contributed by atoms with Gasteiger partial charge >= 0.3 is 6.03 Å². The van der Waals surface area contributed by atoms with E-state index in [4.69, 9.17) is 0 Å². The van der Waals surface area contributed by atoms with Gasteiger partial charge in [0.05, 0.1) is 5.00 Å². The third kappa shape index (κ3) is 2.90. The second kappa shape index (κ2) is 5.23. The number of anilines is 2. The van der Waals surface area contributed by atoms with Gasteiger partial charge in [0.15, 0.2) is 0 Å². The molecular formula is C14H16N2OS. The molecule has 2 rings (SSSR count). The highest BCUT2D eigenvalue weighted by Gasteiger charge is 2.08. The molecule has 1 aromatic heterocycles. The van der Waals surface area contributed by atoms with E-state index >= 15 is 0 Å². The van der Waals surface area contributed by atoms with E-state index < -0.39 is 0 Å². The van der Waals surface area contributed by atoms with E-state index in [9.17, 15) is 4.79 Å². The average molecular weight is 260 g/mol. The van der Waals surface area contributed by atoms with Crippen molar-refractivity contribution in [1.29, 1.82) is 0 Å². The highest BCUT2D eigenvalue weighted by molar-refractivity contribution is 7.14. The summed E-state index contributed by atoms with van der Waals surface area (Å²) < 4.78 is 0. The number of aryl methyl sites for hydroxylation is 3. The normalized spacial score (nSPS) is 10.2. The average Bonchev–Trinajstić information content (AvgIpc) is 2.76. The first-order valence-electron chi connectivity index (χ1n) is 5.75. The van der Waals surface area contributed by atoms with Crippen LogP contribution in [0.5, 0.6) is 0 Å². The largest absolute Gasteiger partial charge is 0.324 e. The van der Waals surface area contributed by atoms with Gasteiger partial charge in [-0.25, -0.2) is 4.79 Å². The van der Waals surface area contributed by atoms with Crippen LogP contribution in [0.4, 0.5) is 15.5 Å². The molecule has 2 aromatic rings. The highest BCUT2D eigenvalue weighted by atomic mass is 32.1. The van der Waals surface area contributed by atoms with Gasteiger partial charge in [0.2, 0.25) is 0 Å². The molecule has 3 nitrogen and oxygen atoms in total. The third-order valence-corrected chi connectivity index (χ3v) is 3.46. The summed E-state index contributed by atoms with van der Waals surface area (Å²) in [7, 11) is 0. The van der Waals surface area contributed by atoms with Gasteiger partial charge in [0.1, 0.15) is 0 Å². The minimum Gasteiger partial charge on any atom is -0.307 e. The Balaban J connectivity index is 2.12. The molecule has 0 aliphatic rings. The molecule has 94 valence electrons. The van der Waals surface area contributed by atoms with E-state index in [2.05, 4.69) is 29.7 Å². The Kier molecular flexibility index (Phi) is 3.67. The van der Waals surface area contributed by atoms with Crippen molar-refractivity contribution in [2.75, 3.05) is 10.6 Å². The molecule has 1 aromatic carbocycles. The Bertz CT molecular complexity index is 538. The van der Waals surface area contributed by atoms with Crippen molar-refractivity contribution >= 4 is 28.1 Å². The number of benzene rings is 1. The number of rotatable bonds is 2. The van der Waals surface area contributed by atoms with Crippen LogP contribution in [0.25, 0.3) is 0 Å². The van der Waals surface area contributed by atoms with Crippen LogP contribution in [-0.2, 0) is 0 Å². The lowest BCUT2D eigenvalue weighted by Crippen LogP contribution is -2.20. The molecule has 0 fully saturated rings. The van der Waals surface area contributed by atoms with Gasteiger partial charge in [-0.3, -0.25) is 5.32 Å². The van der Waals surface area contributed by atoms with Crippen molar-refractivity contribution < 1.29 is 4.79 Å². The Hall–Kier alpha value is -1.81. The van der Waals surface area contributed by atoms with Crippen LogP contribution in [-0.4, -0.2) is 6.03 Å². The first kappa shape index (κ1) is 12.6. The van der Waals surface area contributed by atoms with Gasteiger partial charge in [-0.05, 0) is 49.4 Å². The second-order valence-corrected chi connectivity index (χ2v) is 5.28. The molecular weight excluding hydrogens is 244 g/mol. The summed E-state index contributed by atoms with van der Waals surface area (Å²) in [6.45, 7) is 6.05. The number of hydrogen-bond acceptors (Lipinski definition) is 2. The van der Waals surface area contributed by atoms with Crippen molar-refractivity contribution in [2.24, 2.45) is 0 Å². The van der Waals surface area contributed by atoms with Crippen LogP contribution in [0.1, 0.15) is 16.7 Å². The van der Waals surface area contributed by atoms with E-state index in [1.807, 2.05) is 31.4 Å². The lowest BCUT2D eigenvalue weighted by Gasteiger charge is -2.13. The van der Waals surface area contributed by atoms with Crippen LogP contribution in [0.15, 0.2) is 29.6 Å². The zero-order valence-electron chi connectivity index (χ0n) is 10.7. The van der Waals surface area contributed by atoms with Gasteiger partial charge in [0.25, 0.3) is 0 Å². The Morgan fingerprint density at radius 2 is 1.78 bits per heavy atom. The molecule has 18 heavy (non-hydrogen) atoms. The van der Waals surface area contributed by atoms with Crippen molar-refractivity contribution in [3.05, 3.63) is 46.3 Å². The Labute approximate surface area is 111 Å². The first-order valence-corrected chi connectivity index (χ1v) is 6.63. The fourth-order valence-corrected chi connectivity index (χ4v) is 2.60. The number of hydrogen-bond donors (Lipinski definition) is 2. The second-order valence-electron chi connectivity index (χ2n) is 4.33. The van der Waals surface area contributed by atoms with Gasteiger partial charge < -0.3 is 5.32 Å². The molecule has 0 saturated heterocycles. The van der Waals surface area contributed by atoms with Crippen molar-refractivity contribution in [3.8, 4) is 0 Å². The molecule has 0 atom stereocenters. The lowest BCUT2D eigenvalue weighted by atomic mass is 10.1. The number of carbonyl (C=O) groups excluding carboxylic acids is 1. The Morgan fingerprint density at radius 3 is 2.33 bits per heavy atom. The van der Waals surface area contributed by atoms with Crippen LogP contribution in [0.2, 0.25) is 0 Å². The van der Waals surface area contributed by atoms with Gasteiger partial charge in [-0.2, -0.15) is 0 Å². The van der Waals surface area contributed by atoms with Gasteiger partial charge in [0, 0.05) is 5.69 Å². The fraction of sp³-hybridized carbons (Fsp3) is 0.214. The zero-order valence-corrected chi connectivity index (χ0v) is 11.5. The standard InChI is InChI=1S/C14H16N2OS/c1-9-7-10(2)13(11(3)8-9)16-14(17)15-12-5-4-6-18-12/h4-8H,1-3H3,(H2,15,16,17). The molecule has 0 radical (unpaired) electrons. The van der Waals surface area contributed by atoms with Gasteiger partial charge in [-0.1, -0.05) is 17.7 Å². The summed E-state index contributed by atoms with van der Waals surface area (Å²) in [4.78, 5) is 11.9. The maximum atomic E-state index is 11.9. The minimum atomic E-state index is -0.201. The molecule has 4 heteroatoms. The molecule has 0 unspecified atom stereocenters. The monoisotopic (exact) mass is 260 g/mol. The lowest BCUT2D eigenvalue weighted by molar-refractivity contribution is 0.262. The number of urea groups is 1. The summed E-state index contributed by atoms with van der Waals surface area (Å²) in [5, 5.41) is 8.48. The molecule has 2 N–H and O–H groups in total. The van der Waals surface area contributed by atoms with Crippen molar-refractivity contribution in [1.82, 2.24) is 0 Å². The summed E-state index contributed by atoms with van der Waals surface area (Å²) in [5.41, 5.74) is 4.24. The summed E-state index contributed by atoms with van der Waals surface area (Å²) in [5.74, 6) is 0. The van der Waals surface area contributed by atoms with E-state index in [0.717, 1.165) is 21.8 Å². The SMILES string of the molecule is Cc1cc(C)c(NC(=O)Nc2cccs2)c(C)c1. The summed E-state index contributed by atoms with van der Waals surface area (Å²) in [6.07, 6.45) is 0. The maximum absolute atomic E-state index is 11.9. The van der Waals surface area contributed by atoms with Crippen LogP contribution in [0, 0.1) is 20.8 Å². The van der Waals surface area contributed by atoms with E-state index in [1.54, 1.807) is 0 Å². The molecule has 0 aliphatic heterocycles. The van der Waals surface area contributed by atoms with Crippen molar-refractivity contribution in [3.63, 3.8) is 0 Å². The maximum Gasteiger partial charge on any atom is 0.324 e. The topological polar surface area (TPSA) is 41.1 Å². The predicted molar refractivity (Wildman–Crippen MR) is 77.6 cm³/mol. The smallest absolute Gasteiger partial charge is 0.307 e. The summed E-state index contributed by atoms with van der Waals surface area (Å²) in [6, 6.07) is 7.70. The number of amides is 2. The van der Waals surface area contributed by atoms with Crippen LogP contribution < -0.4 is 10.6 Å². The molecule has 0 saturated carbocycles. The quantitative estimate of drug-likeness (QED) is 0.829. The molecule has 0 spiro atoms. The number of nitrogens with one attached hydrogen (secondary N) is 2. The predicted octanol–water partition coefficient (Wildman–Crippen LogP) is 4.32.